The maximum Gasteiger partial charge on any atom is 0.242 e. The van der Waals surface area contributed by atoms with E-state index in [1.807, 2.05) is 76.2 Å². The van der Waals surface area contributed by atoms with E-state index in [4.69, 9.17) is 0 Å². The molecule has 2 aromatic carbocycles. The minimum absolute atomic E-state index is 0.145. The molecule has 0 aliphatic heterocycles. The Balaban J connectivity index is 2.16. The van der Waals surface area contributed by atoms with Crippen molar-refractivity contribution >= 4 is 27.5 Å². The molecular weight excluding hydrogens is 462 g/mol. The van der Waals surface area contributed by atoms with Gasteiger partial charge in [-0.05, 0) is 68.9 Å². The van der Waals surface area contributed by atoms with E-state index in [0.29, 0.717) is 38.0 Å². The number of hydrogen-bond acceptors (Lipinski definition) is 4. The molecular formula is C27H39N3O4S. The molecule has 2 amide bonds. The summed E-state index contributed by atoms with van der Waals surface area (Å²) in [5.41, 5.74) is 3.65. The lowest BCUT2D eigenvalue weighted by molar-refractivity contribution is -0.140. The van der Waals surface area contributed by atoms with Crippen LogP contribution in [-0.2, 0) is 26.0 Å². The van der Waals surface area contributed by atoms with E-state index in [-0.39, 0.29) is 24.8 Å². The molecule has 192 valence electrons. The Labute approximate surface area is 210 Å². The standard InChI is InChI=1S/C27H39N3O4S/c1-6-25(27(32)28-7-2)29(17-15-23-12-9-8-10-13-23)26(31)14-11-16-30(35(5,33)34)24-19-21(3)18-22(4)20-24/h8-10,12-13,18-20,25H,6-7,11,14-17H2,1-5H3,(H,28,32). The van der Waals surface area contributed by atoms with Crippen LogP contribution in [0.3, 0.4) is 0 Å². The van der Waals surface area contributed by atoms with Crippen molar-refractivity contribution in [3.63, 3.8) is 0 Å². The third-order valence-electron chi connectivity index (χ3n) is 5.87. The van der Waals surface area contributed by atoms with Crippen LogP contribution in [0.5, 0.6) is 0 Å². The molecule has 0 aliphatic rings. The number of benzene rings is 2. The third-order valence-corrected chi connectivity index (χ3v) is 7.06. The second-order valence-electron chi connectivity index (χ2n) is 8.93. The normalized spacial score (nSPS) is 12.1. The summed E-state index contributed by atoms with van der Waals surface area (Å²) in [7, 11) is -3.51. The van der Waals surface area contributed by atoms with Crippen LogP contribution in [0.4, 0.5) is 5.69 Å². The number of sulfonamides is 1. The number of aryl methyl sites for hydroxylation is 2. The van der Waals surface area contributed by atoms with Gasteiger partial charge in [-0.2, -0.15) is 0 Å². The van der Waals surface area contributed by atoms with Crippen molar-refractivity contribution in [1.29, 1.82) is 0 Å². The number of amides is 2. The van der Waals surface area contributed by atoms with E-state index in [1.165, 1.54) is 10.6 Å². The van der Waals surface area contributed by atoms with Gasteiger partial charge in [0.15, 0.2) is 0 Å². The van der Waals surface area contributed by atoms with E-state index in [9.17, 15) is 18.0 Å². The Morgan fingerprint density at radius 1 is 0.971 bits per heavy atom. The van der Waals surface area contributed by atoms with Crippen LogP contribution in [0.25, 0.3) is 0 Å². The van der Waals surface area contributed by atoms with Crippen molar-refractivity contribution in [2.45, 2.75) is 59.4 Å². The van der Waals surface area contributed by atoms with Gasteiger partial charge < -0.3 is 10.2 Å². The topological polar surface area (TPSA) is 86.8 Å². The summed E-state index contributed by atoms with van der Waals surface area (Å²) in [6.45, 7) is 8.72. The molecule has 0 spiro atoms. The molecule has 0 aliphatic carbocycles. The van der Waals surface area contributed by atoms with Crippen molar-refractivity contribution < 1.29 is 18.0 Å². The van der Waals surface area contributed by atoms with Crippen LogP contribution in [0.1, 0.15) is 49.8 Å². The van der Waals surface area contributed by atoms with Crippen LogP contribution < -0.4 is 9.62 Å². The first-order valence-electron chi connectivity index (χ1n) is 12.2. The number of carbonyl (C=O) groups excluding carboxylic acids is 2. The molecule has 35 heavy (non-hydrogen) atoms. The van der Waals surface area contributed by atoms with Gasteiger partial charge in [0.25, 0.3) is 0 Å². The number of nitrogens with zero attached hydrogens (tertiary/aromatic N) is 2. The molecule has 7 nitrogen and oxygen atoms in total. The van der Waals surface area contributed by atoms with Gasteiger partial charge in [0.2, 0.25) is 21.8 Å². The van der Waals surface area contributed by atoms with E-state index in [2.05, 4.69) is 5.32 Å². The summed E-state index contributed by atoms with van der Waals surface area (Å²) in [4.78, 5) is 27.7. The number of carbonyl (C=O) groups is 2. The van der Waals surface area contributed by atoms with Crippen molar-refractivity contribution in [3.05, 3.63) is 65.2 Å². The maximum atomic E-state index is 13.3. The van der Waals surface area contributed by atoms with E-state index in [0.717, 1.165) is 16.7 Å². The largest absolute Gasteiger partial charge is 0.355 e. The lowest BCUT2D eigenvalue weighted by Gasteiger charge is -2.31. The van der Waals surface area contributed by atoms with Crippen LogP contribution in [0.2, 0.25) is 0 Å². The smallest absolute Gasteiger partial charge is 0.242 e. The predicted molar refractivity (Wildman–Crippen MR) is 142 cm³/mol. The first kappa shape index (κ1) is 28.4. The summed E-state index contributed by atoms with van der Waals surface area (Å²) in [6.07, 6.45) is 2.83. The number of likely N-dealkylation sites (N-methyl/N-ethyl adjacent to an activating group) is 1. The number of hydrogen-bond donors (Lipinski definition) is 1. The van der Waals surface area contributed by atoms with Gasteiger partial charge >= 0.3 is 0 Å². The molecule has 0 bridgehead atoms. The van der Waals surface area contributed by atoms with Gasteiger partial charge in [-0.3, -0.25) is 13.9 Å². The highest BCUT2D eigenvalue weighted by molar-refractivity contribution is 7.92. The Bertz CT molecular complexity index is 1070. The second kappa shape index (κ2) is 13.3. The molecule has 0 fully saturated rings. The fraction of sp³-hybridized carbons (Fsp3) is 0.481. The average molecular weight is 502 g/mol. The minimum atomic E-state index is -3.51. The first-order valence-corrected chi connectivity index (χ1v) is 14.1. The first-order chi connectivity index (χ1) is 16.6. The second-order valence-corrected chi connectivity index (χ2v) is 10.8. The molecule has 0 saturated carbocycles. The van der Waals surface area contributed by atoms with Gasteiger partial charge in [-0.25, -0.2) is 8.42 Å². The summed E-state index contributed by atoms with van der Waals surface area (Å²) < 4.78 is 26.4. The number of rotatable bonds is 13. The Kier molecular flexibility index (Phi) is 10.8. The molecule has 0 saturated heterocycles. The number of anilines is 1. The summed E-state index contributed by atoms with van der Waals surface area (Å²) in [5.74, 6) is -0.308. The van der Waals surface area contributed by atoms with E-state index in [1.54, 1.807) is 4.90 Å². The van der Waals surface area contributed by atoms with Gasteiger partial charge in [0.1, 0.15) is 6.04 Å². The highest BCUT2D eigenvalue weighted by Gasteiger charge is 2.28. The van der Waals surface area contributed by atoms with E-state index >= 15 is 0 Å². The van der Waals surface area contributed by atoms with Crippen molar-refractivity contribution in [1.82, 2.24) is 10.2 Å². The van der Waals surface area contributed by atoms with Crippen LogP contribution in [-0.4, -0.2) is 57.1 Å². The van der Waals surface area contributed by atoms with E-state index < -0.39 is 16.1 Å². The Morgan fingerprint density at radius 3 is 2.14 bits per heavy atom. The molecule has 0 aromatic heterocycles. The zero-order valence-corrected chi connectivity index (χ0v) is 22.4. The van der Waals surface area contributed by atoms with Crippen molar-refractivity contribution in [2.75, 3.05) is 30.2 Å². The highest BCUT2D eigenvalue weighted by atomic mass is 32.2. The summed E-state index contributed by atoms with van der Waals surface area (Å²) >= 11 is 0. The molecule has 2 rings (SSSR count). The molecule has 1 unspecified atom stereocenters. The van der Waals surface area contributed by atoms with Gasteiger partial charge in [-0.15, -0.1) is 0 Å². The highest BCUT2D eigenvalue weighted by Crippen LogP contribution is 2.22. The zero-order valence-electron chi connectivity index (χ0n) is 21.6. The van der Waals surface area contributed by atoms with Crippen LogP contribution in [0, 0.1) is 13.8 Å². The molecule has 0 heterocycles. The molecule has 1 N–H and O–H groups in total. The molecule has 2 aromatic rings. The lowest BCUT2D eigenvalue weighted by Crippen LogP contribution is -2.50. The molecule has 0 radical (unpaired) electrons. The predicted octanol–water partition coefficient (Wildman–Crippen LogP) is 3.84. The minimum Gasteiger partial charge on any atom is -0.355 e. The van der Waals surface area contributed by atoms with Gasteiger partial charge in [0.05, 0.1) is 11.9 Å². The number of nitrogens with one attached hydrogen (secondary N) is 1. The van der Waals surface area contributed by atoms with Crippen molar-refractivity contribution in [2.24, 2.45) is 0 Å². The fourth-order valence-electron chi connectivity index (χ4n) is 4.29. The SMILES string of the molecule is CCNC(=O)C(CC)N(CCc1ccccc1)C(=O)CCCN(c1cc(C)cc(C)c1)S(C)(=O)=O. The maximum absolute atomic E-state index is 13.3. The lowest BCUT2D eigenvalue weighted by atomic mass is 10.1. The summed E-state index contributed by atoms with van der Waals surface area (Å²) in [5, 5.41) is 2.84. The van der Waals surface area contributed by atoms with Gasteiger partial charge in [0, 0.05) is 26.1 Å². The fourth-order valence-corrected chi connectivity index (χ4v) is 5.24. The van der Waals surface area contributed by atoms with Gasteiger partial charge in [-0.1, -0.05) is 43.3 Å². The molecule has 8 heteroatoms. The monoisotopic (exact) mass is 501 g/mol. The average Bonchev–Trinajstić information content (AvgIpc) is 2.78. The Hall–Kier alpha value is -2.87. The van der Waals surface area contributed by atoms with Crippen LogP contribution >= 0.6 is 0 Å². The van der Waals surface area contributed by atoms with Crippen molar-refractivity contribution in [3.8, 4) is 0 Å². The zero-order chi connectivity index (χ0) is 26.0. The quantitative estimate of drug-likeness (QED) is 0.452. The molecule has 1 atom stereocenters. The third kappa shape index (κ3) is 8.69. The van der Waals surface area contributed by atoms with Crippen LogP contribution in [0.15, 0.2) is 48.5 Å². The summed E-state index contributed by atoms with van der Waals surface area (Å²) in [6, 6.07) is 15.0. The Morgan fingerprint density at radius 2 is 1.60 bits per heavy atom.